The van der Waals surface area contributed by atoms with Gasteiger partial charge in [-0.15, -0.1) is 0 Å². The van der Waals surface area contributed by atoms with Crippen molar-refractivity contribution in [3.63, 3.8) is 0 Å². The first-order valence-electron chi connectivity index (χ1n) is 10.6. The van der Waals surface area contributed by atoms with Gasteiger partial charge in [-0.05, 0) is 41.0 Å². The molecular weight excluding hydrogens is 364 g/mol. The van der Waals surface area contributed by atoms with Gasteiger partial charge in [-0.3, -0.25) is 4.79 Å². The van der Waals surface area contributed by atoms with E-state index in [2.05, 4.69) is 11.4 Å². The summed E-state index contributed by atoms with van der Waals surface area (Å²) in [6, 6.07) is 12.9. The van der Waals surface area contributed by atoms with Gasteiger partial charge in [-0.1, -0.05) is 76.6 Å². The van der Waals surface area contributed by atoms with Crippen LogP contribution in [0.1, 0.15) is 46.1 Å². The van der Waals surface area contributed by atoms with Gasteiger partial charge in [0, 0.05) is 0 Å². The van der Waals surface area contributed by atoms with Crippen LogP contribution in [0.15, 0.2) is 42.5 Å². The molecule has 0 fully saturated rings. The lowest BCUT2D eigenvalue weighted by Gasteiger charge is -2.30. The normalized spacial score (nSPS) is 17.0. The van der Waals surface area contributed by atoms with Gasteiger partial charge in [-0.25, -0.2) is 0 Å². The van der Waals surface area contributed by atoms with Crippen LogP contribution in [0.3, 0.4) is 0 Å². The lowest BCUT2D eigenvalue weighted by molar-refractivity contribution is -0.125. The minimum atomic E-state index is -1.07. The number of carbonyl (C=O) groups excluding carboxylic acids is 1. The Morgan fingerprint density at radius 3 is 2.34 bits per heavy atom. The molecule has 1 amide bonds. The van der Waals surface area contributed by atoms with Gasteiger partial charge in [0.2, 0.25) is 5.91 Å². The molecular formula is C24H36N2O3. The highest BCUT2D eigenvalue weighted by atomic mass is 16.3. The van der Waals surface area contributed by atoms with Gasteiger partial charge in [0.15, 0.2) is 0 Å². The second kappa shape index (κ2) is 10.7. The molecule has 0 radical (unpaired) electrons. The Kier molecular flexibility index (Phi) is 8.62. The quantitative estimate of drug-likeness (QED) is 0.493. The van der Waals surface area contributed by atoms with Crippen LogP contribution in [0.5, 0.6) is 0 Å². The maximum absolute atomic E-state index is 12.7. The third-order valence-electron chi connectivity index (χ3n) is 5.68. The maximum Gasteiger partial charge on any atom is 0.237 e. The summed E-state index contributed by atoms with van der Waals surface area (Å²) < 4.78 is 0. The number of carbonyl (C=O) groups is 1. The van der Waals surface area contributed by atoms with Gasteiger partial charge >= 0.3 is 0 Å². The van der Waals surface area contributed by atoms with Crippen LogP contribution in [-0.2, 0) is 11.2 Å². The molecule has 0 saturated heterocycles. The van der Waals surface area contributed by atoms with Crippen LogP contribution < -0.4 is 11.1 Å². The van der Waals surface area contributed by atoms with Crippen LogP contribution in [0, 0.1) is 11.8 Å². The van der Waals surface area contributed by atoms with E-state index in [-0.39, 0.29) is 17.7 Å². The Morgan fingerprint density at radius 1 is 1.07 bits per heavy atom. The van der Waals surface area contributed by atoms with E-state index in [4.69, 9.17) is 5.73 Å². The minimum Gasteiger partial charge on any atom is -0.390 e. The van der Waals surface area contributed by atoms with Crippen LogP contribution in [0.4, 0.5) is 0 Å². The van der Waals surface area contributed by atoms with Crippen molar-refractivity contribution in [3.8, 4) is 0 Å². The molecule has 0 aromatic heterocycles. The summed E-state index contributed by atoms with van der Waals surface area (Å²) in [6.45, 7) is 7.91. The molecule has 29 heavy (non-hydrogen) atoms. The molecule has 5 N–H and O–H groups in total. The van der Waals surface area contributed by atoms with E-state index in [1.807, 2.05) is 64.1 Å². The van der Waals surface area contributed by atoms with Crippen LogP contribution >= 0.6 is 0 Å². The van der Waals surface area contributed by atoms with E-state index < -0.39 is 24.3 Å². The molecule has 2 aromatic carbocycles. The van der Waals surface area contributed by atoms with Crippen molar-refractivity contribution in [1.82, 2.24) is 5.32 Å². The lowest BCUT2D eigenvalue weighted by atomic mass is 9.91. The summed E-state index contributed by atoms with van der Waals surface area (Å²) in [7, 11) is 0. The van der Waals surface area contributed by atoms with Crippen molar-refractivity contribution >= 4 is 16.7 Å². The van der Waals surface area contributed by atoms with E-state index in [1.165, 1.54) is 0 Å². The second-order valence-corrected chi connectivity index (χ2v) is 8.60. The molecule has 160 valence electrons. The number of amides is 1. The van der Waals surface area contributed by atoms with Crippen LogP contribution in [-0.4, -0.2) is 40.4 Å². The molecule has 0 bridgehead atoms. The molecule has 0 spiro atoms. The molecule has 3 unspecified atom stereocenters. The number of nitrogens with two attached hydrogens (primary N) is 1. The highest BCUT2D eigenvalue weighted by Crippen LogP contribution is 2.19. The van der Waals surface area contributed by atoms with Crippen LogP contribution in [0.25, 0.3) is 10.8 Å². The molecule has 0 aliphatic carbocycles. The zero-order valence-electron chi connectivity index (χ0n) is 18.0. The van der Waals surface area contributed by atoms with E-state index in [9.17, 15) is 15.0 Å². The van der Waals surface area contributed by atoms with Gasteiger partial charge in [0.05, 0.1) is 18.2 Å². The fourth-order valence-corrected chi connectivity index (χ4v) is 3.56. The van der Waals surface area contributed by atoms with E-state index >= 15 is 0 Å². The van der Waals surface area contributed by atoms with Gasteiger partial charge < -0.3 is 21.3 Å². The first-order valence-corrected chi connectivity index (χ1v) is 10.6. The van der Waals surface area contributed by atoms with Crippen molar-refractivity contribution in [2.24, 2.45) is 17.6 Å². The monoisotopic (exact) mass is 400 g/mol. The molecule has 2 rings (SSSR count). The summed E-state index contributed by atoms with van der Waals surface area (Å²) in [5, 5.41) is 26.4. The lowest BCUT2D eigenvalue weighted by Crippen LogP contribution is -2.55. The van der Waals surface area contributed by atoms with Crippen molar-refractivity contribution in [3.05, 3.63) is 48.0 Å². The topological polar surface area (TPSA) is 95.6 Å². The SMILES string of the molecule is CC[C@H](C)[C@H](N)C(=O)NC(Cc1ccc2ccccc2c1)C(O)C(O)CC(C)C. The van der Waals surface area contributed by atoms with Crippen molar-refractivity contribution < 1.29 is 15.0 Å². The molecule has 2 aromatic rings. The summed E-state index contributed by atoms with van der Waals surface area (Å²) in [5.74, 6) is -0.0194. The predicted octanol–water partition coefficient (Wildman–Crippen LogP) is 3.01. The fraction of sp³-hybridized carbons (Fsp3) is 0.542. The van der Waals surface area contributed by atoms with E-state index in [1.54, 1.807) is 0 Å². The molecule has 5 atom stereocenters. The first-order chi connectivity index (χ1) is 13.7. The number of rotatable bonds is 10. The Balaban J connectivity index is 2.23. The zero-order chi connectivity index (χ0) is 21.6. The standard InChI is InChI=1S/C24H36N2O3/c1-5-16(4)22(25)24(29)26-20(23(28)21(27)12-15(2)3)14-17-10-11-18-8-6-7-9-19(18)13-17/h6-11,13,15-16,20-23,27-28H,5,12,14,25H2,1-4H3,(H,26,29)/t16-,20?,21?,22-,23?/m0/s1. The number of nitrogens with one attached hydrogen (secondary N) is 1. The summed E-state index contributed by atoms with van der Waals surface area (Å²) in [4.78, 5) is 12.7. The Morgan fingerprint density at radius 2 is 1.72 bits per heavy atom. The Labute approximate surface area is 174 Å². The molecule has 0 aliphatic rings. The van der Waals surface area contributed by atoms with E-state index in [0.29, 0.717) is 12.8 Å². The highest BCUT2D eigenvalue weighted by Gasteiger charge is 2.30. The molecule has 0 aliphatic heterocycles. The molecule has 0 saturated carbocycles. The fourth-order valence-electron chi connectivity index (χ4n) is 3.56. The van der Waals surface area contributed by atoms with Gasteiger partial charge in [0.25, 0.3) is 0 Å². The number of hydrogen-bond donors (Lipinski definition) is 4. The molecule has 0 heterocycles. The summed E-state index contributed by atoms with van der Waals surface area (Å²) >= 11 is 0. The Hall–Kier alpha value is -1.95. The third-order valence-corrected chi connectivity index (χ3v) is 5.68. The van der Waals surface area contributed by atoms with Gasteiger partial charge in [-0.2, -0.15) is 0 Å². The number of fused-ring (bicyclic) bond motifs is 1. The second-order valence-electron chi connectivity index (χ2n) is 8.60. The van der Waals surface area contributed by atoms with Crippen molar-refractivity contribution in [1.29, 1.82) is 0 Å². The molecule has 5 nitrogen and oxygen atoms in total. The number of aliphatic hydroxyl groups excluding tert-OH is 2. The summed E-state index contributed by atoms with van der Waals surface area (Å²) in [5.41, 5.74) is 7.08. The van der Waals surface area contributed by atoms with Crippen LogP contribution in [0.2, 0.25) is 0 Å². The van der Waals surface area contributed by atoms with E-state index in [0.717, 1.165) is 22.8 Å². The zero-order valence-corrected chi connectivity index (χ0v) is 18.0. The molecule has 5 heteroatoms. The highest BCUT2D eigenvalue weighted by molar-refractivity contribution is 5.83. The predicted molar refractivity (Wildman–Crippen MR) is 118 cm³/mol. The third kappa shape index (κ3) is 6.53. The minimum absolute atomic E-state index is 0.0362. The maximum atomic E-state index is 12.7. The van der Waals surface area contributed by atoms with Crippen molar-refractivity contribution in [2.45, 2.75) is 71.2 Å². The van der Waals surface area contributed by atoms with Gasteiger partial charge in [0.1, 0.15) is 6.10 Å². The number of aliphatic hydroxyl groups is 2. The first kappa shape index (κ1) is 23.3. The van der Waals surface area contributed by atoms with Crippen molar-refractivity contribution in [2.75, 3.05) is 0 Å². The average Bonchev–Trinajstić information content (AvgIpc) is 2.70. The number of benzene rings is 2. The Bertz CT molecular complexity index is 793. The summed E-state index contributed by atoms with van der Waals surface area (Å²) in [6.07, 6.45) is -0.317. The number of hydrogen-bond acceptors (Lipinski definition) is 4. The average molecular weight is 401 g/mol. The smallest absolute Gasteiger partial charge is 0.237 e. The largest absolute Gasteiger partial charge is 0.390 e.